The number of carbonyl (C=O) groups excluding carboxylic acids is 1. The van der Waals surface area contributed by atoms with Gasteiger partial charge in [-0.1, -0.05) is 13.8 Å². The van der Waals surface area contributed by atoms with Crippen LogP contribution in [0, 0.1) is 0 Å². The van der Waals surface area contributed by atoms with E-state index in [1.165, 1.54) is 0 Å². The first-order valence-electron chi connectivity index (χ1n) is 6.15. The summed E-state index contributed by atoms with van der Waals surface area (Å²) in [5, 5.41) is 2.86. The van der Waals surface area contributed by atoms with Crippen molar-refractivity contribution in [1.82, 2.24) is 15.2 Å². The molecule has 18 heavy (non-hydrogen) atoms. The Bertz CT molecular complexity index is 378. The highest BCUT2D eigenvalue weighted by Crippen LogP contribution is 2.08. The molecule has 4 N–H and O–H groups in total. The van der Waals surface area contributed by atoms with Gasteiger partial charge in [0.2, 0.25) is 0 Å². The first-order chi connectivity index (χ1) is 8.72. The molecule has 0 spiro atoms. The smallest absolute Gasteiger partial charge is 0.255 e. The fourth-order valence-corrected chi connectivity index (χ4v) is 1.67. The normalized spacial score (nSPS) is 10.4. The number of nitrogen functional groups attached to an aromatic ring is 1. The fourth-order valence-electron chi connectivity index (χ4n) is 1.67. The van der Waals surface area contributed by atoms with Crippen LogP contribution in [-0.2, 0) is 0 Å². The van der Waals surface area contributed by atoms with Gasteiger partial charge in [0.05, 0.1) is 5.56 Å². The van der Waals surface area contributed by atoms with E-state index in [-0.39, 0.29) is 5.91 Å². The summed E-state index contributed by atoms with van der Waals surface area (Å²) in [6.45, 7) is 7.61. The molecule has 0 aromatic carbocycles. The Hall–Kier alpha value is -1.66. The third kappa shape index (κ3) is 3.97. The van der Waals surface area contributed by atoms with Crippen molar-refractivity contribution < 1.29 is 4.79 Å². The van der Waals surface area contributed by atoms with Crippen LogP contribution in [-0.4, -0.2) is 42.0 Å². The van der Waals surface area contributed by atoms with Crippen molar-refractivity contribution in [3.63, 3.8) is 0 Å². The molecule has 0 atom stereocenters. The Balaban J connectivity index is 2.50. The summed E-state index contributed by atoms with van der Waals surface area (Å²) in [6.07, 6.45) is 1.59. The van der Waals surface area contributed by atoms with Crippen LogP contribution in [0.2, 0.25) is 0 Å². The quantitative estimate of drug-likeness (QED) is 0.484. The van der Waals surface area contributed by atoms with E-state index in [9.17, 15) is 4.79 Å². The molecule has 0 saturated heterocycles. The van der Waals surface area contributed by atoms with Crippen molar-refractivity contribution in [2.24, 2.45) is 5.84 Å². The lowest BCUT2D eigenvalue weighted by molar-refractivity contribution is 0.0949. The number of hydrazine groups is 1. The van der Waals surface area contributed by atoms with Gasteiger partial charge in [0.25, 0.3) is 5.91 Å². The molecule has 1 aromatic heterocycles. The van der Waals surface area contributed by atoms with E-state index in [1.54, 1.807) is 18.3 Å². The first kappa shape index (κ1) is 14.4. The Morgan fingerprint density at radius 1 is 1.44 bits per heavy atom. The Morgan fingerprint density at radius 2 is 2.17 bits per heavy atom. The molecule has 1 aromatic rings. The largest absolute Gasteiger partial charge is 0.351 e. The summed E-state index contributed by atoms with van der Waals surface area (Å²) in [6, 6.07) is 3.40. The number of hydrogen-bond donors (Lipinski definition) is 3. The minimum atomic E-state index is -0.164. The van der Waals surface area contributed by atoms with E-state index in [2.05, 4.69) is 34.5 Å². The van der Waals surface area contributed by atoms with E-state index in [1.807, 2.05) is 0 Å². The maximum absolute atomic E-state index is 11.9. The van der Waals surface area contributed by atoms with Crippen LogP contribution in [0.4, 0.5) is 5.82 Å². The van der Waals surface area contributed by atoms with Crippen molar-refractivity contribution in [3.8, 4) is 0 Å². The van der Waals surface area contributed by atoms with Crippen LogP contribution < -0.4 is 16.6 Å². The van der Waals surface area contributed by atoms with E-state index >= 15 is 0 Å². The first-order valence-corrected chi connectivity index (χ1v) is 6.15. The van der Waals surface area contributed by atoms with Crippen LogP contribution in [0.15, 0.2) is 18.3 Å². The van der Waals surface area contributed by atoms with E-state index in [0.717, 1.165) is 19.6 Å². The summed E-state index contributed by atoms with van der Waals surface area (Å²) in [4.78, 5) is 18.1. The molecular formula is C12H21N5O. The number of hydrogen-bond acceptors (Lipinski definition) is 5. The second kappa shape index (κ2) is 7.62. The van der Waals surface area contributed by atoms with Gasteiger partial charge in [-0.3, -0.25) is 4.79 Å². The summed E-state index contributed by atoms with van der Waals surface area (Å²) in [5.74, 6) is 5.53. The van der Waals surface area contributed by atoms with Gasteiger partial charge in [0.15, 0.2) is 5.82 Å². The van der Waals surface area contributed by atoms with Crippen molar-refractivity contribution in [3.05, 3.63) is 23.9 Å². The van der Waals surface area contributed by atoms with Gasteiger partial charge >= 0.3 is 0 Å². The highest BCUT2D eigenvalue weighted by atomic mass is 16.1. The van der Waals surface area contributed by atoms with Gasteiger partial charge in [-0.05, 0) is 25.2 Å². The summed E-state index contributed by atoms with van der Waals surface area (Å²) < 4.78 is 0. The van der Waals surface area contributed by atoms with Gasteiger partial charge in [0, 0.05) is 19.3 Å². The third-order valence-corrected chi connectivity index (χ3v) is 2.80. The maximum Gasteiger partial charge on any atom is 0.255 e. The number of nitrogens with two attached hydrogens (primary N) is 1. The standard InChI is InChI=1S/C12H21N5O/c1-3-17(4-2)9-8-15-12(18)10-6-5-7-14-11(10)16-13/h5-7H,3-4,8-9,13H2,1-2H3,(H,14,16)(H,15,18). The maximum atomic E-state index is 11.9. The minimum absolute atomic E-state index is 0.164. The number of carbonyl (C=O) groups is 1. The number of anilines is 1. The molecule has 100 valence electrons. The minimum Gasteiger partial charge on any atom is -0.351 e. The summed E-state index contributed by atoms with van der Waals surface area (Å²) >= 11 is 0. The molecule has 0 aliphatic heterocycles. The lowest BCUT2D eigenvalue weighted by Crippen LogP contribution is -2.35. The van der Waals surface area contributed by atoms with Gasteiger partial charge in [-0.25, -0.2) is 10.8 Å². The Morgan fingerprint density at radius 3 is 2.78 bits per heavy atom. The van der Waals surface area contributed by atoms with Crippen molar-refractivity contribution in [1.29, 1.82) is 0 Å². The average Bonchev–Trinajstić information content (AvgIpc) is 2.43. The molecule has 0 aliphatic rings. The van der Waals surface area contributed by atoms with Crippen molar-refractivity contribution >= 4 is 11.7 Å². The van der Waals surface area contributed by atoms with Crippen LogP contribution in [0.1, 0.15) is 24.2 Å². The molecule has 0 bridgehead atoms. The molecule has 1 amide bonds. The lowest BCUT2D eigenvalue weighted by Gasteiger charge is -2.18. The van der Waals surface area contributed by atoms with E-state index in [4.69, 9.17) is 5.84 Å². The molecule has 0 unspecified atom stereocenters. The van der Waals surface area contributed by atoms with Crippen LogP contribution in [0.25, 0.3) is 0 Å². The monoisotopic (exact) mass is 251 g/mol. The second-order valence-corrected chi connectivity index (χ2v) is 3.83. The zero-order valence-corrected chi connectivity index (χ0v) is 10.9. The number of pyridine rings is 1. The summed E-state index contributed by atoms with van der Waals surface area (Å²) in [5.41, 5.74) is 2.87. The zero-order chi connectivity index (χ0) is 13.4. The van der Waals surface area contributed by atoms with Gasteiger partial charge in [-0.2, -0.15) is 0 Å². The number of nitrogens with one attached hydrogen (secondary N) is 2. The number of aromatic nitrogens is 1. The SMILES string of the molecule is CCN(CC)CCNC(=O)c1cccnc1NN. The van der Waals surface area contributed by atoms with Crippen LogP contribution in [0.5, 0.6) is 0 Å². The molecular weight excluding hydrogens is 230 g/mol. The van der Waals surface area contributed by atoms with Gasteiger partial charge < -0.3 is 15.6 Å². The zero-order valence-electron chi connectivity index (χ0n) is 10.9. The molecule has 6 heteroatoms. The number of rotatable bonds is 7. The second-order valence-electron chi connectivity index (χ2n) is 3.83. The Labute approximate surface area is 108 Å². The van der Waals surface area contributed by atoms with Crippen LogP contribution in [0.3, 0.4) is 0 Å². The summed E-state index contributed by atoms with van der Waals surface area (Å²) in [7, 11) is 0. The van der Waals surface area contributed by atoms with Crippen molar-refractivity contribution in [2.75, 3.05) is 31.6 Å². The average molecular weight is 251 g/mol. The number of amides is 1. The molecule has 0 fully saturated rings. The van der Waals surface area contributed by atoms with Crippen molar-refractivity contribution in [2.45, 2.75) is 13.8 Å². The molecule has 0 aliphatic carbocycles. The highest BCUT2D eigenvalue weighted by molar-refractivity contribution is 5.98. The molecule has 1 heterocycles. The predicted octanol–water partition coefficient (Wildman–Crippen LogP) is 0.439. The predicted molar refractivity (Wildman–Crippen MR) is 72.2 cm³/mol. The Kier molecular flexibility index (Phi) is 6.10. The molecule has 0 saturated carbocycles. The van der Waals surface area contributed by atoms with Gasteiger partial charge in [-0.15, -0.1) is 0 Å². The highest BCUT2D eigenvalue weighted by Gasteiger charge is 2.10. The van der Waals surface area contributed by atoms with E-state index in [0.29, 0.717) is 17.9 Å². The topological polar surface area (TPSA) is 83.3 Å². The lowest BCUT2D eigenvalue weighted by atomic mass is 10.2. The van der Waals surface area contributed by atoms with E-state index < -0.39 is 0 Å². The number of nitrogens with zero attached hydrogens (tertiary/aromatic N) is 2. The van der Waals surface area contributed by atoms with Crippen LogP contribution >= 0.6 is 0 Å². The fraction of sp³-hybridized carbons (Fsp3) is 0.500. The molecule has 1 rings (SSSR count). The molecule has 0 radical (unpaired) electrons. The molecule has 6 nitrogen and oxygen atoms in total. The third-order valence-electron chi connectivity index (χ3n) is 2.80. The number of likely N-dealkylation sites (N-methyl/N-ethyl adjacent to an activating group) is 1. The van der Waals surface area contributed by atoms with Gasteiger partial charge in [0.1, 0.15) is 0 Å².